The Balaban J connectivity index is 2.29. The molecule has 72 valence electrons. The van der Waals surface area contributed by atoms with E-state index in [-0.39, 0.29) is 0 Å². The van der Waals surface area contributed by atoms with Crippen molar-refractivity contribution >= 4 is 0 Å². The van der Waals surface area contributed by atoms with Crippen molar-refractivity contribution in [2.75, 3.05) is 0 Å². The minimum absolute atomic E-state index is 0.980. The Morgan fingerprint density at radius 1 is 1.00 bits per heavy atom. The van der Waals surface area contributed by atoms with Gasteiger partial charge in [-0.1, -0.05) is 31.5 Å². The zero-order valence-electron chi connectivity index (χ0n) is 8.40. The van der Waals surface area contributed by atoms with E-state index < -0.39 is 0 Å². The number of imidazole rings is 1. The lowest BCUT2D eigenvalue weighted by Gasteiger charge is -1.89. The van der Waals surface area contributed by atoms with Crippen LogP contribution in [0.15, 0.2) is 30.3 Å². The summed E-state index contributed by atoms with van der Waals surface area (Å²) in [7, 11) is 0. The van der Waals surface area contributed by atoms with Crippen LogP contribution in [0, 0.1) is 0 Å². The molecule has 2 nitrogen and oxygen atoms in total. The van der Waals surface area contributed by atoms with Gasteiger partial charge in [-0.3, -0.25) is 0 Å². The summed E-state index contributed by atoms with van der Waals surface area (Å²) in [6.45, 7) is 2.18. The monoisotopic (exact) mass is 186 g/mol. The van der Waals surface area contributed by atoms with Crippen LogP contribution in [0.5, 0.6) is 0 Å². The van der Waals surface area contributed by atoms with Gasteiger partial charge < -0.3 is 0 Å². The highest BCUT2D eigenvalue weighted by Crippen LogP contribution is 2.17. The van der Waals surface area contributed by atoms with E-state index in [0.29, 0.717) is 0 Å². The lowest BCUT2D eigenvalue weighted by atomic mass is 10.2. The van der Waals surface area contributed by atoms with Gasteiger partial charge in [-0.15, -0.1) is 0 Å². The molecule has 0 saturated carbocycles. The van der Waals surface area contributed by atoms with Crippen LogP contribution >= 0.6 is 0 Å². The van der Waals surface area contributed by atoms with Crippen LogP contribution in [0.4, 0.5) is 0 Å². The summed E-state index contributed by atoms with van der Waals surface area (Å²) in [5, 5.41) is 0. The number of hydrogen-bond acceptors (Lipinski definition) is 2. The van der Waals surface area contributed by atoms with E-state index in [2.05, 4.69) is 16.9 Å². The van der Waals surface area contributed by atoms with Crippen molar-refractivity contribution in [1.29, 1.82) is 0 Å². The standard InChI is InChI=1S/C12H14N2/c1-2-3-9-12-13-10-7-5-4-6-8-11(10)14-12/h4-8H,2-3,9H2,1H3. The molecule has 2 heteroatoms. The van der Waals surface area contributed by atoms with Gasteiger partial charge in [0, 0.05) is 6.42 Å². The third-order valence-corrected chi connectivity index (χ3v) is 2.25. The average molecular weight is 186 g/mol. The first kappa shape index (κ1) is 9.13. The highest BCUT2D eigenvalue weighted by atomic mass is 14.9. The maximum atomic E-state index is 4.48. The summed E-state index contributed by atoms with van der Waals surface area (Å²) in [6, 6.07) is 10.0. The maximum absolute atomic E-state index is 4.48. The molecule has 0 radical (unpaired) electrons. The van der Waals surface area contributed by atoms with Crippen LogP contribution in [0.3, 0.4) is 0 Å². The molecule has 0 atom stereocenters. The van der Waals surface area contributed by atoms with Crippen LogP contribution in [0.1, 0.15) is 25.6 Å². The molecule has 14 heavy (non-hydrogen) atoms. The number of unbranched alkanes of at least 4 members (excludes halogenated alkanes) is 1. The highest BCUT2D eigenvalue weighted by molar-refractivity contribution is 5.55. The first-order chi connectivity index (χ1) is 6.90. The molecule has 0 N–H and O–H groups in total. The number of hydrogen-bond donors (Lipinski definition) is 0. The fraction of sp³-hybridized carbons (Fsp3) is 0.333. The number of fused-ring (bicyclic) bond motifs is 1. The summed E-state index contributed by atoms with van der Waals surface area (Å²) in [4.78, 5) is 8.96. The Morgan fingerprint density at radius 2 is 1.64 bits per heavy atom. The predicted octanol–water partition coefficient (Wildman–Crippen LogP) is 2.92. The summed E-state index contributed by atoms with van der Waals surface area (Å²) in [6.07, 6.45) is 3.36. The van der Waals surface area contributed by atoms with Gasteiger partial charge in [0.15, 0.2) is 0 Å². The maximum Gasteiger partial charge on any atom is 0.129 e. The lowest BCUT2D eigenvalue weighted by molar-refractivity contribution is 0.764. The van der Waals surface area contributed by atoms with Gasteiger partial charge in [-0.2, -0.15) is 0 Å². The van der Waals surface area contributed by atoms with Crippen LogP contribution in [-0.4, -0.2) is 9.97 Å². The van der Waals surface area contributed by atoms with Gasteiger partial charge in [0.2, 0.25) is 0 Å². The molecule has 0 aromatic heterocycles. The van der Waals surface area contributed by atoms with Gasteiger partial charge in [0.25, 0.3) is 0 Å². The fourth-order valence-corrected chi connectivity index (χ4v) is 1.47. The summed E-state index contributed by atoms with van der Waals surface area (Å²) in [5.41, 5.74) is 2.00. The molecule has 0 aromatic carbocycles. The predicted molar refractivity (Wildman–Crippen MR) is 57.3 cm³/mol. The second-order valence-corrected chi connectivity index (χ2v) is 3.42. The molecule has 0 amide bonds. The minimum Gasteiger partial charge on any atom is -0.231 e. The zero-order valence-corrected chi connectivity index (χ0v) is 8.40. The van der Waals surface area contributed by atoms with Crippen LogP contribution in [0.2, 0.25) is 0 Å². The Labute approximate surface area is 84.4 Å². The molecular weight excluding hydrogens is 172 g/mol. The van der Waals surface area contributed by atoms with Crippen molar-refractivity contribution < 1.29 is 0 Å². The summed E-state index contributed by atoms with van der Waals surface area (Å²) in [5.74, 6) is 0.980. The molecule has 0 aromatic rings. The quantitative estimate of drug-likeness (QED) is 0.736. The van der Waals surface area contributed by atoms with Gasteiger partial charge in [0.05, 0.1) is 11.4 Å². The Kier molecular flexibility index (Phi) is 2.73. The van der Waals surface area contributed by atoms with Crippen molar-refractivity contribution in [3.8, 4) is 11.4 Å². The zero-order chi connectivity index (χ0) is 9.80. The fourth-order valence-electron chi connectivity index (χ4n) is 1.47. The molecule has 2 rings (SSSR count). The highest BCUT2D eigenvalue weighted by Gasteiger charge is 2.07. The van der Waals surface area contributed by atoms with Crippen molar-refractivity contribution in [1.82, 2.24) is 9.97 Å². The summed E-state index contributed by atoms with van der Waals surface area (Å²) < 4.78 is 0. The molecule has 0 bridgehead atoms. The molecular formula is C12H14N2. The van der Waals surface area contributed by atoms with Crippen molar-refractivity contribution in [3.05, 3.63) is 36.2 Å². The third kappa shape index (κ3) is 1.90. The number of aromatic nitrogens is 2. The smallest absolute Gasteiger partial charge is 0.129 e. The van der Waals surface area contributed by atoms with Crippen LogP contribution in [0.25, 0.3) is 11.4 Å². The van der Waals surface area contributed by atoms with E-state index in [1.807, 2.05) is 30.3 Å². The molecule has 0 saturated heterocycles. The number of aryl methyl sites for hydroxylation is 1. The number of rotatable bonds is 3. The molecule has 1 aliphatic carbocycles. The third-order valence-electron chi connectivity index (χ3n) is 2.25. The molecule has 1 heterocycles. The van der Waals surface area contributed by atoms with Crippen molar-refractivity contribution in [2.24, 2.45) is 0 Å². The molecule has 0 fully saturated rings. The Hall–Kier alpha value is -1.44. The van der Waals surface area contributed by atoms with Crippen molar-refractivity contribution in [3.63, 3.8) is 0 Å². The van der Waals surface area contributed by atoms with Gasteiger partial charge in [-0.25, -0.2) is 9.97 Å². The Bertz CT molecular complexity index is 353. The van der Waals surface area contributed by atoms with Gasteiger partial charge >= 0.3 is 0 Å². The minimum atomic E-state index is 0.980. The molecule has 0 unspecified atom stereocenters. The largest absolute Gasteiger partial charge is 0.231 e. The van der Waals surface area contributed by atoms with Crippen molar-refractivity contribution in [2.45, 2.75) is 26.2 Å². The first-order valence-electron chi connectivity index (χ1n) is 5.12. The average Bonchev–Trinajstić information content (AvgIpc) is 2.46. The topological polar surface area (TPSA) is 25.8 Å². The van der Waals surface area contributed by atoms with Crippen LogP contribution < -0.4 is 0 Å². The summed E-state index contributed by atoms with van der Waals surface area (Å²) >= 11 is 0. The molecule has 2 aliphatic rings. The van der Waals surface area contributed by atoms with E-state index in [1.165, 1.54) is 12.8 Å². The van der Waals surface area contributed by atoms with Gasteiger partial charge in [0.1, 0.15) is 5.82 Å². The normalized spacial score (nSPS) is 10.6. The molecule has 0 spiro atoms. The number of nitrogens with zero attached hydrogens (tertiary/aromatic N) is 2. The van der Waals surface area contributed by atoms with Crippen LogP contribution in [-0.2, 0) is 6.42 Å². The first-order valence-corrected chi connectivity index (χ1v) is 5.12. The van der Waals surface area contributed by atoms with E-state index in [4.69, 9.17) is 0 Å². The van der Waals surface area contributed by atoms with E-state index in [9.17, 15) is 0 Å². The second kappa shape index (κ2) is 4.18. The van der Waals surface area contributed by atoms with Gasteiger partial charge in [-0.05, 0) is 18.6 Å². The SMILES string of the molecule is CCCCc1nc2cccccc-2n1. The van der Waals surface area contributed by atoms with E-state index in [1.54, 1.807) is 0 Å². The second-order valence-electron chi connectivity index (χ2n) is 3.42. The lowest BCUT2D eigenvalue weighted by Crippen LogP contribution is -1.85. The molecule has 1 aliphatic heterocycles. The van der Waals surface area contributed by atoms with E-state index in [0.717, 1.165) is 23.6 Å². The van der Waals surface area contributed by atoms with E-state index >= 15 is 0 Å². The Morgan fingerprint density at radius 3 is 2.21 bits per heavy atom.